The highest BCUT2D eigenvalue weighted by Gasteiger charge is 2.33. The maximum Gasteiger partial charge on any atom is 0.326 e. The molecule has 13 nitrogen and oxygen atoms in total. The Morgan fingerprint density at radius 1 is 0.875 bits per heavy atom. The zero-order valence-corrected chi connectivity index (χ0v) is 18.9. The number of nitrogens with one attached hydrogen (secondary N) is 3. The van der Waals surface area contributed by atoms with Crippen molar-refractivity contribution in [3.63, 3.8) is 0 Å². The van der Waals surface area contributed by atoms with Crippen LogP contribution in [0.4, 0.5) is 0 Å². The van der Waals surface area contributed by atoms with Crippen LogP contribution in [0.15, 0.2) is 0 Å². The Kier molecular flexibility index (Phi) is 13.0. The highest BCUT2D eigenvalue weighted by Crippen LogP contribution is 2.06. The van der Waals surface area contributed by atoms with Crippen LogP contribution in [0.5, 0.6) is 0 Å². The Balaban J connectivity index is 5.41. The summed E-state index contributed by atoms with van der Waals surface area (Å²) in [5.41, 5.74) is 10.7. The minimum Gasteiger partial charge on any atom is -0.481 e. The minimum atomic E-state index is -1.61. The number of nitrogens with two attached hydrogens (primary N) is 2. The van der Waals surface area contributed by atoms with Crippen molar-refractivity contribution in [2.24, 2.45) is 17.4 Å². The van der Waals surface area contributed by atoms with E-state index >= 15 is 0 Å². The van der Waals surface area contributed by atoms with E-state index in [-0.39, 0.29) is 0 Å². The molecule has 32 heavy (non-hydrogen) atoms. The van der Waals surface area contributed by atoms with E-state index in [9.17, 15) is 28.8 Å². The molecular weight excluding hydrogens is 446 g/mol. The summed E-state index contributed by atoms with van der Waals surface area (Å²) in [5, 5.41) is 24.9. The number of aliphatic carboxylic acids is 2. The summed E-state index contributed by atoms with van der Waals surface area (Å²) in [5.74, 6) is -6.40. The molecule has 0 saturated carbocycles. The van der Waals surface area contributed by atoms with Crippen LogP contribution in [0.3, 0.4) is 0 Å². The molecule has 14 heteroatoms. The summed E-state index contributed by atoms with van der Waals surface area (Å²) in [4.78, 5) is 70.8. The van der Waals surface area contributed by atoms with Crippen LogP contribution in [0.2, 0.25) is 0 Å². The Bertz CT molecular complexity index is 717. The molecule has 0 aromatic heterocycles. The summed E-state index contributed by atoms with van der Waals surface area (Å²) in [6.07, 6.45) is 0.701. The molecule has 0 radical (unpaired) electrons. The first-order valence-corrected chi connectivity index (χ1v) is 11.1. The number of carboxylic acids is 2. The van der Waals surface area contributed by atoms with Gasteiger partial charge in [-0.1, -0.05) is 13.8 Å². The quantitative estimate of drug-likeness (QED) is 0.132. The topological polar surface area (TPSA) is 231 Å². The normalized spacial score (nSPS) is 14.5. The molecule has 0 aliphatic heterocycles. The van der Waals surface area contributed by atoms with E-state index in [0.717, 1.165) is 0 Å². The zero-order chi connectivity index (χ0) is 25.0. The van der Waals surface area contributed by atoms with Gasteiger partial charge in [0, 0.05) is 0 Å². The minimum absolute atomic E-state index is 0.307. The molecule has 0 aromatic carbocycles. The van der Waals surface area contributed by atoms with E-state index in [0.29, 0.717) is 12.2 Å². The van der Waals surface area contributed by atoms with Gasteiger partial charge in [-0.15, -0.1) is 0 Å². The Labute approximate surface area is 189 Å². The van der Waals surface area contributed by atoms with Crippen molar-refractivity contribution in [2.75, 3.05) is 12.0 Å². The molecule has 0 aliphatic rings. The second-order valence-electron chi connectivity index (χ2n) is 7.35. The van der Waals surface area contributed by atoms with Gasteiger partial charge in [0.05, 0.1) is 18.9 Å². The lowest BCUT2D eigenvalue weighted by Crippen LogP contribution is -2.59. The predicted molar refractivity (Wildman–Crippen MR) is 115 cm³/mol. The van der Waals surface area contributed by atoms with Crippen LogP contribution in [-0.4, -0.2) is 82.0 Å². The van der Waals surface area contributed by atoms with Gasteiger partial charge in [-0.25, -0.2) is 4.79 Å². The molecule has 4 amide bonds. The van der Waals surface area contributed by atoms with Crippen LogP contribution < -0.4 is 27.4 Å². The first-order valence-electron chi connectivity index (χ1n) is 9.68. The van der Waals surface area contributed by atoms with Crippen molar-refractivity contribution in [3.05, 3.63) is 0 Å². The average Bonchev–Trinajstić information content (AvgIpc) is 2.67. The molecule has 0 rings (SSSR count). The molecule has 0 spiro atoms. The van der Waals surface area contributed by atoms with Gasteiger partial charge in [0.1, 0.15) is 18.1 Å². The van der Waals surface area contributed by atoms with Crippen molar-refractivity contribution in [2.45, 2.75) is 57.3 Å². The predicted octanol–water partition coefficient (Wildman–Crippen LogP) is -2.39. The number of carboxylic acid groups (broad SMARTS) is 2. The molecule has 4 unspecified atom stereocenters. The van der Waals surface area contributed by atoms with Crippen LogP contribution in [-0.2, 0) is 28.8 Å². The van der Waals surface area contributed by atoms with E-state index in [4.69, 9.17) is 21.7 Å². The number of amides is 4. The Morgan fingerprint density at radius 3 is 1.88 bits per heavy atom. The van der Waals surface area contributed by atoms with Crippen molar-refractivity contribution in [3.8, 4) is 0 Å². The van der Waals surface area contributed by atoms with E-state index in [1.165, 1.54) is 11.8 Å². The molecule has 0 aromatic rings. The second kappa shape index (κ2) is 14.2. The van der Waals surface area contributed by atoms with E-state index < -0.39 is 78.5 Å². The van der Waals surface area contributed by atoms with Gasteiger partial charge < -0.3 is 37.6 Å². The largest absolute Gasteiger partial charge is 0.481 e. The Morgan fingerprint density at radius 2 is 1.44 bits per heavy atom. The van der Waals surface area contributed by atoms with E-state index in [1.807, 2.05) is 6.26 Å². The molecule has 0 aliphatic carbocycles. The lowest BCUT2D eigenvalue weighted by molar-refractivity contribution is -0.144. The highest BCUT2D eigenvalue weighted by molar-refractivity contribution is 7.98. The van der Waals surface area contributed by atoms with E-state index in [2.05, 4.69) is 16.0 Å². The number of rotatable bonds is 15. The van der Waals surface area contributed by atoms with Crippen molar-refractivity contribution in [1.82, 2.24) is 16.0 Å². The fraction of sp³-hybridized carbons (Fsp3) is 0.667. The monoisotopic (exact) mass is 477 g/mol. The molecule has 0 saturated heterocycles. The number of hydrogen-bond donors (Lipinski definition) is 7. The number of carbonyl (C=O) groups excluding carboxylic acids is 4. The molecule has 0 fully saturated rings. The molecule has 4 atom stereocenters. The number of primary amides is 1. The van der Waals surface area contributed by atoms with Gasteiger partial charge in [-0.05, 0) is 24.3 Å². The summed E-state index contributed by atoms with van der Waals surface area (Å²) in [6.45, 7) is 3.11. The molecule has 0 bridgehead atoms. The van der Waals surface area contributed by atoms with Gasteiger partial charge in [-0.3, -0.25) is 24.0 Å². The number of carbonyl (C=O) groups is 6. The summed E-state index contributed by atoms with van der Waals surface area (Å²) >= 11 is 1.46. The summed E-state index contributed by atoms with van der Waals surface area (Å²) < 4.78 is 0. The zero-order valence-electron chi connectivity index (χ0n) is 18.1. The fourth-order valence-electron chi connectivity index (χ4n) is 2.49. The third-order valence-corrected chi connectivity index (χ3v) is 4.89. The smallest absolute Gasteiger partial charge is 0.326 e. The van der Waals surface area contributed by atoms with Crippen LogP contribution in [0.1, 0.15) is 33.1 Å². The first kappa shape index (κ1) is 29.1. The molecule has 9 N–H and O–H groups in total. The average molecular weight is 478 g/mol. The van der Waals surface area contributed by atoms with Crippen LogP contribution >= 0.6 is 11.8 Å². The summed E-state index contributed by atoms with van der Waals surface area (Å²) in [7, 11) is 0. The highest BCUT2D eigenvalue weighted by atomic mass is 32.2. The lowest BCUT2D eigenvalue weighted by atomic mass is 10.0. The first-order chi connectivity index (χ1) is 14.8. The van der Waals surface area contributed by atoms with Gasteiger partial charge in [-0.2, -0.15) is 11.8 Å². The molecular formula is C18H31N5O8S. The van der Waals surface area contributed by atoms with Crippen LogP contribution in [0, 0.1) is 5.92 Å². The maximum absolute atomic E-state index is 12.7. The van der Waals surface area contributed by atoms with Gasteiger partial charge in [0.25, 0.3) is 0 Å². The number of thioether (sulfide) groups is 1. The van der Waals surface area contributed by atoms with Crippen molar-refractivity contribution < 1.29 is 39.0 Å². The standard InChI is InChI=1S/C18H31N5O8S/c1-8(2)14(17(29)22-11(18(30)31)6-12(20)24)23-16(28)10(7-13(25)26)21-15(27)9(19)4-5-32-3/h8-11,14H,4-7,19H2,1-3H3,(H2,20,24)(H,21,27)(H,22,29)(H,23,28)(H,25,26)(H,30,31). The van der Waals surface area contributed by atoms with Gasteiger partial charge in [0.15, 0.2) is 0 Å². The second-order valence-corrected chi connectivity index (χ2v) is 8.33. The van der Waals surface area contributed by atoms with Crippen molar-refractivity contribution in [1.29, 1.82) is 0 Å². The number of hydrogen-bond acceptors (Lipinski definition) is 8. The lowest BCUT2D eigenvalue weighted by Gasteiger charge is -2.26. The Hall–Kier alpha value is -2.87. The SMILES string of the molecule is CSCCC(N)C(=O)NC(CC(=O)O)C(=O)NC(C(=O)NC(CC(N)=O)C(=O)O)C(C)C. The third kappa shape index (κ3) is 10.9. The third-order valence-electron chi connectivity index (χ3n) is 4.25. The fourth-order valence-corrected chi connectivity index (χ4v) is 2.98. The molecule has 182 valence electrons. The maximum atomic E-state index is 12.7. The van der Waals surface area contributed by atoms with Gasteiger partial charge in [0.2, 0.25) is 23.6 Å². The summed E-state index contributed by atoms with van der Waals surface area (Å²) in [6, 6.07) is -5.37. The van der Waals surface area contributed by atoms with E-state index in [1.54, 1.807) is 13.8 Å². The van der Waals surface area contributed by atoms with Crippen LogP contribution in [0.25, 0.3) is 0 Å². The molecule has 0 heterocycles. The van der Waals surface area contributed by atoms with Gasteiger partial charge >= 0.3 is 11.9 Å². The van der Waals surface area contributed by atoms with Crippen molar-refractivity contribution >= 4 is 47.3 Å².